The first-order valence-electron chi connectivity index (χ1n) is 9.90. The van der Waals surface area contributed by atoms with Crippen LogP contribution in [-0.4, -0.2) is 38.9 Å². The van der Waals surface area contributed by atoms with Crippen molar-refractivity contribution in [1.82, 2.24) is 0 Å². The Kier molecular flexibility index (Phi) is 8.15. The molecule has 0 saturated heterocycles. The van der Waals surface area contributed by atoms with Gasteiger partial charge in [0, 0.05) is 0 Å². The lowest BCUT2D eigenvalue weighted by atomic mass is 9.75. The van der Waals surface area contributed by atoms with Crippen LogP contribution < -0.4 is 9.47 Å². The molecule has 1 aromatic carbocycles. The number of carbonyl (C=O) groups is 2. The lowest BCUT2D eigenvalue weighted by Gasteiger charge is -2.36. The minimum Gasteiger partial charge on any atom is -0.493 e. The van der Waals surface area contributed by atoms with Gasteiger partial charge in [0.1, 0.15) is 6.10 Å². The fraction of sp³-hybridized carbons (Fsp3) is 0.636. The van der Waals surface area contributed by atoms with E-state index in [1.807, 2.05) is 0 Å². The second kappa shape index (κ2) is 10.3. The highest BCUT2D eigenvalue weighted by Gasteiger charge is 2.33. The first-order valence-corrected chi connectivity index (χ1v) is 9.90. The number of benzene rings is 1. The van der Waals surface area contributed by atoms with Crippen LogP contribution in [0.4, 0.5) is 0 Å². The highest BCUT2D eigenvalue weighted by atomic mass is 16.6. The zero-order chi connectivity index (χ0) is 20.7. The second-order valence-electron chi connectivity index (χ2n) is 7.88. The van der Waals surface area contributed by atoms with Gasteiger partial charge in [-0.25, -0.2) is 4.79 Å². The van der Waals surface area contributed by atoms with Gasteiger partial charge in [0.2, 0.25) is 0 Å². The van der Waals surface area contributed by atoms with Gasteiger partial charge < -0.3 is 18.9 Å². The van der Waals surface area contributed by atoms with Gasteiger partial charge in [-0.3, -0.25) is 4.79 Å². The smallest absolute Gasteiger partial charge is 0.344 e. The third-order valence-electron chi connectivity index (χ3n) is 5.39. The Labute approximate surface area is 167 Å². The van der Waals surface area contributed by atoms with Crippen LogP contribution in [0.1, 0.15) is 45.6 Å². The third-order valence-corrected chi connectivity index (χ3v) is 5.39. The van der Waals surface area contributed by atoms with Crippen LogP contribution in [0.15, 0.2) is 18.2 Å². The van der Waals surface area contributed by atoms with Crippen molar-refractivity contribution in [3.63, 3.8) is 0 Å². The molecule has 0 heterocycles. The molecule has 0 N–H and O–H groups in total. The summed E-state index contributed by atoms with van der Waals surface area (Å²) < 4.78 is 21.2. The summed E-state index contributed by atoms with van der Waals surface area (Å²) in [6.45, 7) is 6.14. The van der Waals surface area contributed by atoms with Gasteiger partial charge in [-0.15, -0.1) is 0 Å². The molecule has 1 aliphatic carbocycles. The maximum Gasteiger partial charge on any atom is 0.344 e. The van der Waals surface area contributed by atoms with Crippen LogP contribution in [0.3, 0.4) is 0 Å². The molecule has 0 unspecified atom stereocenters. The van der Waals surface area contributed by atoms with E-state index in [2.05, 4.69) is 20.8 Å². The molecule has 2 rings (SSSR count). The molecule has 3 atom stereocenters. The van der Waals surface area contributed by atoms with Gasteiger partial charge >= 0.3 is 11.9 Å². The summed E-state index contributed by atoms with van der Waals surface area (Å²) in [5.41, 5.74) is 0.719. The van der Waals surface area contributed by atoms with E-state index in [1.54, 1.807) is 25.3 Å². The predicted octanol–water partition coefficient (Wildman–Crippen LogP) is 3.79. The van der Waals surface area contributed by atoms with E-state index in [-0.39, 0.29) is 19.1 Å². The van der Waals surface area contributed by atoms with Crippen LogP contribution in [0.2, 0.25) is 0 Å². The number of esters is 2. The Morgan fingerprint density at radius 1 is 1.07 bits per heavy atom. The van der Waals surface area contributed by atoms with Crippen molar-refractivity contribution >= 4 is 11.9 Å². The van der Waals surface area contributed by atoms with E-state index in [0.717, 1.165) is 24.8 Å². The van der Waals surface area contributed by atoms with E-state index in [1.165, 1.54) is 7.11 Å². The summed E-state index contributed by atoms with van der Waals surface area (Å²) in [7, 11) is 3.08. The maximum atomic E-state index is 12.2. The summed E-state index contributed by atoms with van der Waals surface area (Å²) in [4.78, 5) is 24.3. The highest BCUT2D eigenvalue weighted by Crippen LogP contribution is 2.35. The molecule has 28 heavy (non-hydrogen) atoms. The monoisotopic (exact) mass is 392 g/mol. The zero-order valence-corrected chi connectivity index (χ0v) is 17.5. The minimum absolute atomic E-state index is 0.0444. The molecule has 1 aromatic rings. The Morgan fingerprint density at radius 2 is 1.79 bits per heavy atom. The lowest BCUT2D eigenvalue weighted by molar-refractivity contribution is -0.166. The molecule has 156 valence electrons. The van der Waals surface area contributed by atoms with Gasteiger partial charge in [0.25, 0.3) is 0 Å². The van der Waals surface area contributed by atoms with Crippen molar-refractivity contribution in [3.05, 3.63) is 23.8 Å². The van der Waals surface area contributed by atoms with Crippen LogP contribution >= 0.6 is 0 Å². The maximum absolute atomic E-state index is 12.2. The van der Waals surface area contributed by atoms with Crippen LogP contribution in [0.5, 0.6) is 11.5 Å². The lowest BCUT2D eigenvalue weighted by Crippen LogP contribution is -2.36. The number of carbonyl (C=O) groups excluding carboxylic acids is 2. The first-order chi connectivity index (χ1) is 13.3. The number of hydrogen-bond acceptors (Lipinski definition) is 6. The zero-order valence-electron chi connectivity index (χ0n) is 17.5. The largest absolute Gasteiger partial charge is 0.493 e. The standard InChI is InChI=1S/C22H32O6/c1-14(2)17-8-6-15(3)10-19(17)28-22(24)13-27-21(23)12-16-7-9-18(25-4)20(11-16)26-5/h7,9,11,14-15,17,19H,6,8,10,12-13H2,1-5H3/t15-,17+,19-/m1/s1. The van der Waals surface area contributed by atoms with Gasteiger partial charge in [0.15, 0.2) is 18.1 Å². The van der Waals surface area contributed by atoms with E-state index >= 15 is 0 Å². The van der Waals surface area contributed by atoms with Crippen molar-refractivity contribution in [2.24, 2.45) is 17.8 Å². The molecule has 6 nitrogen and oxygen atoms in total. The van der Waals surface area contributed by atoms with E-state index in [4.69, 9.17) is 18.9 Å². The molecule has 6 heteroatoms. The second-order valence-corrected chi connectivity index (χ2v) is 7.88. The average Bonchev–Trinajstić information content (AvgIpc) is 2.66. The van der Waals surface area contributed by atoms with Gasteiger partial charge in [0.05, 0.1) is 20.6 Å². The predicted molar refractivity (Wildman–Crippen MR) is 105 cm³/mol. The molecular formula is C22H32O6. The number of hydrogen-bond donors (Lipinski definition) is 0. The topological polar surface area (TPSA) is 71.1 Å². The summed E-state index contributed by atoms with van der Waals surface area (Å²) in [5, 5.41) is 0. The van der Waals surface area contributed by atoms with Crippen LogP contribution in [-0.2, 0) is 25.5 Å². The van der Waals surface area contributed by atoms with E-state index < -0.39 is 11.9 Å². The highest BCUT2D eigenvalue weighted by molar-refractivity contribution is 5.78. The first kappa shape index (κ1) is 22.1. The molecular weight excluding hydrogens is 360 g/mol. The van der Waals surface area contributed by atoms with Crippen molar-refractivity contribution in [2.45, 2.75) is 52.6 Å². The minimum atomic E-state index is -0.485. The van der Waals surface area contributed by atoms with Crippen molar-refractivity contribution in [2.75, 3.05) is 20.8 Å². The van der Waals surface area contributed by atoms with E-state index in [9.17, 15) is 9.59 Å². The van der Waals surface area contributed by atoms with Gasteiger partial charge in [-0.2, -0.15) is 0 Å². The van der Waals surface area contributed by atoms with Gasteiger partial charge in [-0.1, -0.05) is 33.3 Å². The summed E-state index contributed by atoms with van der Waals surface area (Å²) in [6, 6.07) is 5.21. The SMILES string of the molecule is COc1ccc(CC(=O)OCC(=O)O[C@@H]2C[C@H](C)CC[C@H]2C(C)C)cc1OC. The summed E-state index contributed by atoms with van der Waals surface area (Å²) in [5.74, 6) is 1.52. The molecule has 1 aliphatic rings. The number of rotatable bonds is 8. The van der Waals surface area contributed by atoms with Crippen LogP contribution in [0.25, 0.3) is 0 Å². The Balaban J connectivity index is 1.84. The Morgan fingerprint density at radius 3 is 2.43 bits per heavy atom. The summed E-state index contributed by atoms with van der Waals surface area (Å²) in [6.07, 6.45) is 3.05. The summed E-state index contributed by atoms with van der Waals surface area (Å²) >= 11 is 0. The van der Waals surface area contributed by atoms with E-state index in [0.29, 0.717) is 29.3 Å². The molecule has 0 bridgehead atoms. The van der Waals surface area contributed by atoms with Crippen molar-refractivity contribution in [3.8, 4) is 11.5 Å². The fourth-order valence-electron chi connectivity index (χ4n) is 3.80. The normalized spacial score (nSPS) is 21.9. The Hall–Kier alpha value is -2.24. The number of methoxy groups -OCH3 is 2. The quantitative estimate of drug-likeness (QED) is 0.627. The molecule has 0 radical (unpaired) electrons. The Bertz CT molecular complexity index is 669. The fourth-order valence-corrected chi connectivity index (χ4v) is 3.80. The van der Waals surface area contributed by atoms with Crippen LogP contribution in [0, 0.1) is 17.8 Å². The molecule has 1 fully saturated rings. The molecule has 0 aromatic heterocycles. The molecule has 0 spiro atoms. The molecule has 1 saturated carbocycles. The molecule has 0 aliphatic heterocycles. The molecule has 0 amide bonds. The third kappa shape index (κ3) is 6.14. The van der Waals surface area contributed by atoms with Crippen molar-refractivity contribution in [1.29, 1.82) is 0 Å². The number of ether oxygens (including phenoxy) is 4. The van der Waals surface area contributed by atoms with Crippen molar-refractivity contribution < 1.29 is 28.5 Å². The average molecular weight is 392 g/mol. The van der Waals surface area contributed by atoms with Gasteiger partial charge in [-0.05, 0) is 48.3 Å².